The van der Waals surface area contributed by atoms with Crippen LogP contribution in [0.2, 0.25) is 0 Å². The van der Waals surface area contributed by atoms with Crippen molar-refractivity contribution in [2.24, 2.45) is 11.8 Å². The molecule has 2 amide bonds. The molecule has 5 atom stereocenters. The molecule has 1 heterocycles. The highest BCUT2D eigenvalue weighted by molar-refractivity contribution is 5.82. The van der Waals surface area contributed by atoms with Gasteiger partial charge in [-0.15, -0.1) is 0 Å². The molecule has 5 unspecified atom stereocenters. The van der Waals surface area contributed by atoms with E-state index >= 15 is 0 Å². The Morgan fingerprint density at radius 2 is 1.60 bits per heavy atom. The number of fused-ring (bicyclic) bond motifs is 1. The third-order valence-corrected chi connectivity index (χ3v) is 8.57. The summed E-state index contributed by atoms with van der Waals surface area (Å²) in [6, 6.07) is 17.5. The van der Waals surface area contributed by atoms with Gasteiger partial charge in [-0.1, -0.05) is 79.4 Å². The van der Waals surface area contributed by atoms with E-state index in [-0.39, 0.29) is 29.9 Å². The van der Waals surface area contributed by atoms with E-state index < -0.39 is 12.1 Å². The van der Waals surface area contributed by atoms with Gasteiger partial charge in [-0.2, -0.15) is 0 Å². The first-order valence-corrected chi connectivity index (χ1v) is 15.6. The highest BCUT2D eigenvalue weighted by Gasteiger charge is 2.41. The first kappa shape index (κ1) is 34.7. The van der Waals surface area contributed by atoms with E-state index in [2.05, 4.69) is 52.0 Å². The molecule has 0 radical (unpaired) electrons. The van der Waals surface area contributed by atoms with Gasteiger partial charge in [0.25, 0.3) is 0 Å². The first-order chi connectivity index (χ1) is 20.6. The average molecular weight is 597 g/mol. The Kier molecular flexibility index (Phi) is 13.6. The summed E-state index contributed by atoms with van der Waals surface area (Å²) in [5, 5.41) is 33.1. The largest absolute Gasteiger partial charge is 0.390 e. The summed E-state index contributed by atoms with van der Waals surface area (Å²) in [6.45, 7) is 10.0. The van der Waals surface area contributed by atoms with Gasteiger partial charge in [0.2, 0.25) is 11.8 Å². The van der Waals surface area contributed by atoms with Gasteiger partial charge in [-0.3, -0.25) is 25.0 Å². The number of hydrogen-bond donors (Lipinski definition) is 6. The molecule has 4 rings (SSSR count). The molecule has 0 aromatic heterocycles. The molecule has 2 aromatic rings. The Labute approximate surface area is 257 Å². The number of benzene rings is 2. The Morgan fingerprint density at radius 1 is 0.953 bits per heavy atom. The standard InChI is InChI=1S/C34H50N4O3.H2O2/c1-24-14-16-26(17-15-24)20-35-21-32(40)36-29(18-25-10-6-5-7-11-25)31(39)23-38-22-28-13-9-8-12-27(28)19-30(38)33(41)37-34(2,3)4;1-2/h5-7,10-11,14-17,27-31,35,39H,8-9,12-13,18-23H2,1-4H3,(H,36,40)(H,37,41);1-2H. The van der Waals surface area contributed by atoms with Crippen LogP contribution in [0.4, 0.5) is 0 Å². The minimum absolute atomic E-state index is 0.0395. The average Bonchev–Trinajstić information content (AvgIpc) is 2.98. The van der Waals surface area contributed by atoms with Crippen molar-refractivity contribution in [3.05, 3.63) is 71.3 Å². The molecule has 1 aliphatic heterocycles. The zero-order valence-corrected chi connectivity index (χ0v) is 26.3. The summed E-state index contributed by atoms with van der Waals surface area (Å²) in [4.78, 5) is 28.7. The lowest BCUT2D eigenvalue weighted by atomic mass is 9.72. The second-order valence-corrected chi connectivity index (χ2v) is 13.3. The van der Waals surface area contributed by atoms with Crippen molar-refractivity contribution < 1.29 is 25.2 Å². The molecular formula is C34H52N4O5. The number of piperidine rings is 1. The highest BCUT2D eigenvalue weighted by Crippen LogP contribution is 2.39. The van der Waals surface area contributed by atoms with Gasteiger partial charge in [-0.25, -0.2) is 0 Å². The molecule has 238 valence electrons. The Balaban J connectivity index is 0.00000248. The minimum Gasteiger partial charge on any atom is -0.390 e. The van der Waals surface area contributed by atoms with Crippen LogP contribution in [-0.2, 0) is 22.6 Å². The summed E-state index contributed by atoms with van der Waals surface area (Å²) in [5.41, 5.74) is 3.06. The van der Waals surface area contributed by atoms with Crippen LogP contribution in [-0.4, -0.2) is 75.7 Å². The molecule has 0 bridgehead atoms. The van der Waals surface area contributed by atoms with Crippen molar-refractivity contribution in [3.63, 3.8) is 0 Å². The summed E-state index contributed by atoms with van der Waals surface area (Å²) in [5.74, 6) is 1.01. The lowest BCUT2D eigenvalue weighted by molar-refractivity contribution is -0.176. The number of amides is 2. The smallest absolute Gasteiger partial charge is 0.237 e. The molecule has 9 nitrogen and oxygen atoms in total. The van der Waals surface area contributed by atoms with Crippen molar-refractivity contribution in [3.8, 4) is 0 Å². The summed E-state index contributed by atoms with van der Waals surface area (Å²) in [6.07, 6.45) is 5.37. The van der Waals surface area contributed by atoms with Crippen LogP contribution in [0, 0.1) is 18.8 Å². The first-order valence-electron chi connectivity index (χ1n) is 15.6. The molecular weight excluding hydrogens is 544 g/mol. The quantitative estimate of drug-likeness (QED) is 0.171. The monoisotopic (exact) mass is 596 g/mol. The molecule has 9 heteroatoms. The summed E-state index contributed by atoms with van der Waals surface area (Å²) < 4.78 is 0. The van der Waals surface area contributed by atoms with Crippen LogP contribution in [0.3, 0.4) is 0 Å². The summed E-state index contributed by atoms with van der Waals surface area (Å²) >= 11 is 0. The molecule has 1 aliphatic carbocycles. The van der Waals surface area contributed by atoms with Gasteiger partial charge >= 0.3 is 0 Å². The molecule has 2 aliphatic rings. The second kappa shape index (κ2) is 16.9. The van der Waals surface area contributed by atoms with E-state index in [1.165, 1.54) is 31.2 Å². The number of carbonyl (C=O) groups excluding carboxylic acids is 2. The van der Waals surface area contributed by atoms with Gasteiger partial charge in [0.1, 0.15) is 0 Å². The fourth-order valence-electron chi connectivity index (χ4n) is 6.43. The number of likely N-dealkylation sites (tertiary alicyclic amines) is 1. The van der Waals surface area contributed by atoms with Gasteiger partial charge < -0.3 is 21.1 Å². The number of β-amino-alcohol motifs (C(OH)–C–C–N with tert-alkyl or cyclic N) is 1. The van der Waals surface area contributed by atoms with Crippen LogP contribution in [0.1, 0.15) is 69.6 Å². The second-order valence-electron chi connectivity index (χ2n) is 13.3. The third kappa shape index (κ3) is 11.3. The van der Waals surface area contributed by atoms with Gasteiger partial charge in [0, 0.05) is 25.2 Å². The zero-order valence-electron chi connectivity index (χ0n) is 26.3. The van der Waals surface area contributed by atoms with E-state index in [0.29, 0.717) is 31.3 Å². The third-order valence-electron chi connectivity index (χ3n) is 8.57. The van der Waals surface area contributed by atoms with Gasteiger partial charge in [-0.05, 0) is 69.9 Å². The van der Waals surface area contributed by atoms with Crippen molar-refractivity contribution in [2.75, 3.05) is 19.6 Å². The number of nitrogens with zero attached hydrogens (tertiary/aromatic N) is 1. The fourth-order valence-corrected chi connectivity index (χ4v) is 6.43. The summed E-state index contributed by atoms with van der Waals surface area (Å²) in [7, 11) is 0. The fraction of sp³-hybridized carbons (Fsp3) is 0.588. The molecule has 0 spiro atoms. The number of hydrogen-bond acceptors (Lipinski definition) is 7. The molecule has 6 N–H and O–H groups in total. The predicted octanol–water partition coefficient (Wildman–Crippen LogP) is 3.99. The molecule has 2 fully saturated rings. The number of nitrogens with one attached hydrogen (secondary N) is 3. The van der Waals surface area contributed by atoms with Gasteiger partial charge in [0.15, 0.2) is 0 Å². The molecule has 43 heavy (non-hydrogen) atoms. The highest BCUT2D eigenvalue weighted by atomic mass is 17.0. The van der Waals surface area contributed by atoms with Crippen LogP contribution in [0.25, 0.3) is 0 Å². The lowest BCUT2D eigenvalue weighted by Gasteiger charge is -2.47. The van der Waals surface area contributed by atoms with Crippen molar-refractivity contribution in [1.82, 2.24) is 20.9 Å². The zero-order chi connectivity index (χ0) is 31.4. The normalized spacial score (nSPS) is 21.9. The SMILES string of the molecule is Cc1ccc(CNCC(=O)NC(Cc2ccccc2)C(O)CN2CC3CCCCC3CC2C(=O)NC(C)(C)C)cc1.OO. The Hall–Kier alpha value is -2.82. The van der Waals surface area contributed by atoms with Crippen LogP contribution in [0.15, 0.2) is 54.6 Å². The van der Waals surface area contributed by atoms with E-state index in [1.54, 1.807) is 0 Å². The number of aliphatic hydroxyl groups excluding tert-OH is 1. The van der Waals surface area contributed by atoms with Crippen molar-refractivity contribution in [2.45, 2.75) is 96.5 Å². The maximum absolute atomic E-state index is 13.5. The van der Waals surface area contributed by atoms with Crippen LogP contribution >= 0.6 is 0 Å². The van der Waals surface area contributed by atoms with E-state index in [1.807, 2.05) is 51.1 Å². The van der Waals surface area contributed by atoms with E-state index in [9.17, 15) is 14.7 Å². The number of aryl methyl sites for hydroxylation is 1. The van der Waals surface area contributed by atoms with Crippen molar-refractivity contribution in [1.29, 1.82) is 0 Å². The predicted molar refractivity (Wildman–Crippen MR) is 170 cm³/mol. The van der Waals surface area contributed by atoms with Crippen molar-refractivity contribution >= 4 is 11.8 Å². The number of rotatable bonds is 11. The van der Waals surface area contributed by atoms with E-state index in [0.717, 1.165) is 24.1 Å². The Morgan fingerprint density at radius 3 is 2.26 bits per heavy atom. The van der Waals surface area contributed by atoms with E-state index in [4.69, 9.17) is 10.5 Å². The molecule has 2 aromatic carbocycles. The van der Waals surface area contributed by atoms with Crippen LogP contribution < -0.4 is 16.0 Å². The lowest BCUT2D eigenvalue weighted by Crippen LogP contribution is -2.60. The number of aliphatic hydroxyl groups is 1. The molecule has 1 saturated carbocycles. The maximum Gasteiger partial charge on any atom is 0.237 e. The Bertz CT molecular complexity index is 1120. The maximum atomic E-state index is 13.5. The molecule has 1 saturated heterocycles. The minimum atomic E-state index is -0.818. The van der Waals surface area contributed by atoms with Crippen LogP contribution in [0.5, 0.6) is 0 Å². The van der Waals surface area contributed by atoms with Gasteiger partial charge in [0.05, 0.1) is 24.7 Å². The number of carbonyl (C=O) groups is 2. The topological polar surface area (TPSA) is 134 Å².